The van der Waals surface area contributed by atoms with Crippen molar-refractivity contribution in [1.29, 1.82) is 0 Å². The van der Waals surface area contributed by atoms with E-state index in [1.54, 1.807) is 0 Å². The van der Waals surface area contributed by atoms with Gasteiger partial charge in [-0.25, -0.2) is 0 Å². The van der Waals surface area contributed by atoms with Crippen LogP contribution in [0, 0.1) is 0 Å². The second-order valence-electron chi connectivity index (χ2n) is 14.7. The monoisotopic (exact) mass is 743 g/mol. The molecule has 0 fully saturated rings. The first-order chi connectivity index (χ1) is 26.0. The van der Waals surface area contributed by atoms with Crippen LogP contribution in [-0.2, 0) is 28.6 Å². The van der Waals surface area contributed by atoms with Gasteiger partial charge in [-0.1, -0.05) is 204 Å². The molecular formula is C47H82O6. The summed E-state index contributed by atoms with van der Waals surface area (Å²) < 4.78 is 16.6. The highest BCUT2D eigenvalue weighted by atomic mass is 16.6. The maximum Gasteiger partial charge on any atom is 0.306 e. The summed E-state index contributed by atoms with van der Waals surface area (Å²) in [5.74, 6) is -0.925. The molecule has 0 spiro atoms. The number of hydrogen-bond donors (Lipinski definition) is 0. The maximum atomic E-state index is 12.7. The molecule has 0 N–H and O–H groups in total. The largest absolute Gasteiger partial charge is 0.462 e. The van der Waals surface area contributed by atoms with Crippen LogP contribution in [0.15, 0.2) is 48.6 Å². The van der Waals surface area contributed by atoms with Crippen molar-refractivity contribution < 1.29 is 28.6 Å². The molecule has 0 rings (SSSR count). The van der Waals surface area contributed by atoms with Crippen molar-refractivity contribution in [2.75, 3.05) is 13.2 Å². The van der Waals surface area contributed by atoms with Gasteiger partial charge < -0.3 is 14.2 Å². The van der Waals surface area contributed by atoms with Crippen molar-refractivity contribution in [3.63, 3.8) is 0 Å². The Morgan fingerprint density at radius 1 is 0.396 bits per heavy atom. The van der Waals surface area contributed by atoms with Crippen molar-refractivity contribution in [2.24, 2.45) is 0 Å². The predicted molar refractivity (Wildman–Crippen MR) is 224 cm³/mol. The zero-order valence-corrected chi connectivity index (χ0v) is 34.8. The van der Waals surface area contributed by atoms with Gasteiger partial charge in [0.2, 0.25) is 0 Å². The second kappa shape index (κ2) is 42.1. The Labute approximate surface area is 327 Å². The number of carbonyl (C=O) groups is 3. The minimum atomic E-state index is -0.781. The highest BCUT2D eigenvalue weighted by Crippen LogP contribution is 2.14. The van der Waals surface area contributed by atoms with E-state index in [2.05, 4.69) is 32.9 Å². The molecule has 6 nitrogen and oxygen atoms in total. The molecule has 0 aliphatic carbocycles. The topological polar surface area (TPSA) is 78.9 Å². The molecule has 0 radical (unpaired) electrons. The first-order valence-electron chi connectivity index (χ1n) is 22.2. The van der Waals surface area contributed by atoms with Gasteiger partial charge in [0.25, 0.3) is 0 Å². The number of allylic oxidation sites excluding steroid dienone is 8. The minimum Gasteiger partial charge on any atom is -0.462 e. The summed E-state index contributed by atoms with van der Waals surface area (Å²) in [5, 5.41) is 0. The summed E-state index contributed by atoms with van der Waals surface area (Å²) in [6, 6.07) is 0. The molecule has 0 saturated heterocycles. The van der Waals surface area contributed by atoms with E-state index < -0.39 is 6.10 Å². The second-order valence-corrected chi connectivity index (χ2v) is 14.7. The summed E-state index contributed by atoms with van der Waals surface area (Å²) in [7, 11) is 0. The quantitative estimate of drug-likeness (QED) is 0.0270. The van der Waals surface area contributed by atoms with Crippen LogP contribution in [0.1, 0.15) is 213 Å². The molecule has 0 bridgehead atoms. The summed E-state index contributed by atoms with van der Waals surface area (Å²) in [5.41, 5.74) is 0. The first-order valence-corrected chi connectivity index (χ1v) is 22.2. The first kappa shape index (κ1) is 50.4. The molecule has 53 heavy (non-hydrogen) atoms. The van der Waals surface area contributed by atoms with E-state index in [0.29, 0.717) is 19.3 Å². The zero-order valence-electron chi connectivity index (χ0n) is 34.8. The maximum absolute atomic E-state index is 12.7. The Morgan fingerprint density at radius 3 is 1.15 bits per heavy atom. The third-order valence-corrected chi connectivity index (χ3v) is 9.44. The molecule has 0 aliphatic heterocycles. The lowest BCUT2D eigenvalue weighted by Crippen LogP contribution is -2.30. The number of esters is 3. The van der Waals surface area contributed by atoms with E-state index in [9.17, 15) is 14.4 Å². The van der Waals surface area contributed by atoms with Gasteiger partial charge in [0.1, 0.15) is 13.2 Å². The molecule has 0 aromatic rings. The average Bonchev–Trinajstić information content (AvgIpc) is 3.15. The van der Waals surface area contributed by atoms with Gasteiger partial charge in [-0.2, -0.15) is 0 Å². The van der Waals surface area contributed by atoms with Crippen LogP contribution in [0.2, 0.25) is 0 Å². The molecule has 0 aliphatic rings. The van der Waals surface area contributed by atoms with Crippen LogP contribution in [0.5, 0.6) is 0 Å². The van der Waals surface area contributed by atoms with Gasteiger partial charge in [0.05, 0.1) is 0 Å². The van der Waals surface area contributed by atoms with Crippen molar-refractivity contribution in [1.82, 2.24) is 0 Å². The van der Waals surface area contributed by atoms with Crippen LogP contribution in [0.25, 0.3) is 0 Å². The van der Waals surface area contributed by atoms with Gasteiger partial charge in [-0.05, 0) is 38.5 Å². The van der Waals surface area contributed by atoms with Crippen LogP contribution in [0.3, 0.4) is 0 Å². The SMILES string of the molecule is CC\C=C/C=C\C=C/C=C\CCCCCC(=O)OCC(COC(=O)CCCCCCCCCCCCC)OC(=O)CCCCCCCCCCCCC. The Morgan fingerprint density at radius 2 is 0.736 bits per heavy atom. The van der Waals surface area contributed by atoms with E-state index >= 15 is 0 Å². The minimum absolute atomic E-state index is 0.0832. The van der Waals surface area contributed by atoms with E-state index in [1.165, 1.54) is 103 Å². The fraction of sp³-hybridized carbons (Fsp3) is 0.766. The number of carbonyl (C=O) groups excluding carboxylic acids is 3. The Bertz CT molecular complexity index is 949. The van der Waals surface area contributed by atoms with Gasteiger partial charge in [0, 0.05) is 19.3 Å². The number of ether oxygens (including phenoxy) is 3. The van der Waals surface area contributed by atoms with Crippen LogP contribution < -0.4 is 0 Å². The molecule has 1 unspecified atom stereocenters. The third kappa shape index (κ3) is 40.4. The summed E-state index contributed by atoms with van der Waals surface area (Å²) in [4.78, 5) is 37.6. The fourth-order valence-electron chi connectivity index (χ4n) is 6.10. The lowest BCUT2D eigenvalue weighted by atomic mass is 10.1. The van der Waals surface area contributed by atoms with E-state index in [0.717, 1.165) is 70.6 Å². The fourth-order valence-corrected chi connectivity index (χ4v) is 6.10. The van der Waals surface area contributed by atoms with Gasteiger partial charge in [-0.15, -0.1) is 0 Å². The molecule has 0 heterocycles. The molecule has 0 aromatic carbocycles. The summed E-state index contributed by atoms with van der Waals surface area (Å²) >= 11 is 0. The van der Waals surface area contributed by atoms with E-state index in [-0.39, 0.29) is 31.1 Å². The van der Waals surface area contributed by atoms with Crippen LogP contribution >= 0.6 is 0 Å². The molecule has 6 heteroatoms. The van der Waals surface area contributed by atoms with Gasteiger partial charge >= 0.3 is 17.9 Å². The van der Waals surface area contributed by atoms with Crippen LogP contribution in [0.4, 0.5) is 0 Å². The molecule has 0 aromatic heterocycles. The smallest absolute Gasteiger partial charge is 0.306 e. The predicted octanol–water partition coefficient (Wildman–Crippen LogP) is 14.0. The number of rotatable bonds is 39. The highest BCUT2D eigenvalue weighted by Gasteiger charge is 2.19. The summed E-state index contributed by atoms with van der Waals surface area (Å²) in [6.07, 6.45) is 48.0. The lowest BCUT2D eigenvalue weighted by Gasteiger charge is -2.18. The normalized spacial score (nSPS) is 12.4. The third-order valence-electron chi connectivity index (χ3n) is 9.44. The van der Waals surface area contributed by atoms with Crippen molar-refractivity contribution >= 4 is 17.9 Å². The highest BCUT2D eigenvalue weighted by molar-refractivity contribution is 5.71. The number of unbranched alkanes of at least 4 members (excludes halogenated alkanes) is 23. The Balaban J connectivity index is 4.43. The molecular weight excluding hydrogens is 661 g/mol. The number of hydrogen-bond acceptors (Lipinski definition) is 6. The van der Waals surface area contributed by atoms with Crippen molar-refractivity contribution in [2.45, 2.75) is 219 Å². The zero-order chi connectivity index (χ0) is 38.7. The summed E-state index contributed by atoms with van der Waals surface area (Å²) in [6.45, 7) is 6.44. The van der Waals surface area contributed by atoms with Gasteiger partial charge in [0.15, 0.2) is 6.10 Å². The van der Waals surface area contributed by atoms with Crippen molar-refractivity contribution in [3.8, 4) is 0 Å². The molecule has 1 atom stereocenters. The average molecular weight is 743 g/mol. The lowest BCUT2D eigenvalue weighted by molar-refractivity contribution is -0.167. The Hall–Kier alpha value is -2.63. The molecule has 306 valence electrons. The van der Waals surface area contributed by atoms with E-state index in [1.807, 2.05) is 36.5 Å². The van der Waals surface area contributed by atoms with E-state index in [4.69, 9.17) is 14.2 Å². The Kier molecular flexibility index (Phi) is 40.0. The standard InChI is InChI=1S/C47H82O6/c1-4-7-10-13-16-19-22-23-26-28-31-34-37-40-46(49)52-43-44(53-47(50)41-38-35-32-29-25-21-18-15-12-9-6-3)42-51-45(48)39-36-33-30-27-24-20-17-14-11-8-5-2/h7,10,13,16,19,22-23,26,44H,4-6,8-9,11-12,14-15,17-18,20-21,24-25,27-43H2,1-3H3/b10-7-,16-13-,22-19-,26-23-. The molecule has 0 amide bonds. The van der Waals surface area contributed by atoms with Gasteiger partial charge in [-0.3, -0.25) is 14.4 Å². The molecule has 0 saturated carbocycles. The van der Waals surface area contributed by atoms with Crippen molar-refractivity contribution in [3.05, 3.63) is 48.6 Å². The van der Waals surface area contributed by atoms with Crippen LogP contribution in [-0.4, -0.2) is 37.2 Å².